The summed E-state index contributed by atoms with van der Waals surface area (Å²) in [4.78, 5) is 25.8. The Morgan fingerprint density at radius 3 is 2.36 bits per heavy atom. The minimum absolute atomic E-state index is 0.173. The molecule has 2 aromatic rings. The molecule has 132 valence electrons. The number of nitrogens with zero attached hydrogens (tertiary/aromatic N) is 1. The fourth-order valence-corrected chi connectivity index (χ4v) is 2.73. The van der Waals surface area contributed by atoms with Crippen LogP contribution in [0.4, 0.5) is 11.4 Å². The van der Waals surface area contributed by atoms with Crippen LogP contribution in [0.25, 0.3) is 0 Å². The van der Waals surface area contributed by atoms with Crippen molar-refractivity contribution in [1.29, 1.82) is 0 Å². The fourth-order valence-electron chi connectivity index (χ4n) is 2.34. The Labute approximate surface area is 156 Å². The largest absolute Gasteiger partial charge is 0.495 e. The number of carbonyl (C=O) groups excluding carboxylic acids is 2. The second-order valence-electron chi connectivity index (χ2n) is 5.43. The van der Waals surface area contributed by atoms with Crippen LogP contribution in [-0.4, -0.2) is 25.5 Å². The van der Waals surface area contributed by atoms with Crippen molar-refractivity contribution in [3.63, 3.8) is 0 Å². The minimum atomic E-state index is -0.345. The van der Waals surface area contributed by atoms with Gasteiger partial charge in [0.15, 0.2) is 0 Å². The van der Waals surface area contributed by atoms with Gasteiger partial charge in [0.05, 0.1) is 12.8 Å². The highest BCUT2D eigenvalue weighted by molar-refractivity contribution is 6.31. The van der Waals surface area contributed by atoms with Crippen LogP contribution in [0, 0.1) is 6.92 Å². The van der Waals surface area contributed by atoms with Gasteiger partial charge in [-0.15, -0.1) is 0 Å². The predicted octanol–water partition coefficient (Wildman–Crippen LogP) is 4.30. The number of hydrogen-bond acceptors (Lipinski definition) is 3. The standard InChI is InChI=1S/C18H18Cl2N2O3/c1-11-8-13(19)4-6-15(11)21-18(24)10-22(12(2)23)16-9-14(20)5-7-17(16)25-3/h4-9H,10H2,1-3H3,(H,21,24). The van der Waals surface area contributed by atoms with Crippen molar-refractivity contribution in [3.8, 4) is 5.75 Å². The summed E-state index contributed by atoms with van der Waals surface area (Å²) >= 11 is 11.9. The second-order valence-corrected chi connectivity index (χ2v) is 6.30. The molecule has 1 N–H and O–H groups in total. The van der Waals surface area contributed by atoms with E-state index in [0.717, 1.165) is 5.56 Å². The number of rotatable bonds is 5. The topological polar surface area (TPSA) is 58.6 Å². The molecule has 0 heterocycles. The number of methoxy groups -OCH3 is 1. The van der Waals surface area contributed by atoms with Gasteiger partial charge in [0.1, 0.15) is 12.3 Å². The van der Waals surface area contributed by atoms with Crippen molar-refractivity contribution < 1.29 is 14.3 Å². The molecule has 2 rings (SSSR count). The van der Waals surface area contributed by atoms with Gasteiger partial charge in [0.2, 0.25) is 11.8 Å². The lowest BCUT2D eigenvalue weighted by molar-refractivity contribution is -0.120. The van der Waals surface area contributed by atoms with Crippen LogP contribution in [0.2, 0.25) is 10.0 Å². The van der Waals surface area contributed by atoms with E-state index in [1.165, 1.54) is 18.9 Å². The van der Waals surface area contributed by atoms with E-state index in [4.69, 9.17) is 27.9 Å². The number of nitrogens with one attached hydrogen (secondary N) is 1. The highest BCUT2D eigenvalue weighted by Gasteiger charge is 2.20. The van der Waals surface area contributed by atoms with Crippen LogP contribution < -0.4 is 15.0 Å². The van der Waals surface area contributed by atoms with Gasteiger partial charge in [0, 0.05) is 22.7 Å². The summed E-state index contributed by atoms with van der Waals surface area (Å²) in [5.41, 5.74) is 1.90. The highest BCUT2D eigenvalue weighted by Crippen LogP contribution is 2.31. The van der Waals surface area contributed by atoms with E-state index in [2.05, 4.69) is 5.32 Å². The molecule has 0 spiro atoms. The highest BCUT2D eigenvalue weighted by atomic mass is 35.5. The van der Waals surface area contributed by atoms with Gasteiger partial charge in [-0.25, -0.2) is 0 Å². The number of ether oxygens (including phenoxy) is 1. The van der Waals surface area contributed by atoms with E-state index in [1.54, 1.807) is 36.4 Å². The molecular weight excluding hydrogens is 363 g/mol. The maximum absolute atomic E-state index is 12.4. The van der Waals surface area contributed by atoms with Crippen LogP contribution in [0.15, 0.2) is 36.4 Å². The Hall–Kier alpha value is -2.24. The molecular formula is C18H18Cl2N2O3. The van der Waals surface area contributed by atoms with Gasteiger partial charge in [-0.3, -0.25) is 14.5 Å². The van der Waals surface area contributed by atoms with E-state index >= 15 is 0 Å². The lowest BCUT2D eigenvalue weighted by Crippen LogP contribution is -2.37. The SMILES string of the molecule is COc1ccc(Cl)cc1N(CC(=O)Nc1ccc(Cl)cc1C)C(C)=O. The van der Waals surface area contributed by atoms with E-state index in [-0.39, 0.29) is 18.4 Å². The molecule has 0 fully saturated rings. The maximum Gasteiger partial charge on any atom is 0.244 e. The van der Waals surface area contributed by atoms with E-state index < -0.39 is 0 Å². The third-order valence-electron chi connectivity index (χ3n) is 3.58. The first-order valence-electron chi connectivity index (χ1n) is 7.49. The van der Waals surface area contributed by atoms with E-state index in [1.807, 2.05) is 6.92 Å². The summed E-state index contributed by atoms with van der Waals surface area (Å²) in [6.45, 7) is 3.04. The Morgan fingerprint density at radius 2 is 1.76 bits per heavy atom. The first-order valence-corrected chi connectivity index (χ1v) is 8.25. The third kappa shape index (κ3) is 4.87. The molecule has 0 aliphatic carbocycles. The van der Waals surface area contributed by atoms with Crippen LogP contribution in [0.1, 0.15) is 12.5 Å². The van der Waals surface area contributed by atoms with Crippen LogP contribution in [0.3, 0.4) is 0 Å². The first kappa shape index (κ1) is 19.1. The molecule has 0 saturated heterocycles. The molecule has 0 atom stereocenters. The smallest absolute Gasteiger partial charge is 0.244 e. The van der Waals surface area contributed by atoms with Crippen molar-refractivity contribution >= 4 is 46.4 Å². The summed E-state index contributed by atoms with van der Waals surface area (Å²) in [5, 5.41) is 3.81. The molecule has 25 heavy (non-hydrogen) atoms. The molecule has 2 amide bonds. The quantitative estimate of drug-likeness (QED) is 0.840. The summed E-state index contributed by atoms with van der Waals surface area (Å²) in [7, 11) is 1.49. The zero-order valence-corrected chi connectivity index (χ0v) is 15.6. The number of carbonyl (C=O) groups is 2. The van der Waals surface area contributed by atoms with Crippen molar-refractivity contribution in [3.05, 3.63) is 52.0 Å². The molecule has 0 saturated carbocycles. The lowest BCUT2D eigenvalue weighted by atomic mass is 10.2. The Kier molecular flexibility index (Phi) is 6.28. The van der Waals surface area contributed by atoms with Crippen molar-refractivity contribution in [2.24, 2.45) is 0 Å². The molecule has 0 aliphatic heterocycles. The van der Waals surface area contributed by atoms with Crippen molar-refractivity contribution in [2.45, 2.75) is 13.8 Å². The number of anilines is 2. The van der Waals surface area contributed by atoms with Gasteiger partial charge in [-0.2, -0.15) is 0 Å². The van der Waals surface area contributed by atoms with Crippen molar-refractivity contribution in [2.75, 3.05) is 23.9 Å². The number of benzene rings is 2. The lowest BCUT2D eigenvalue weighted by Gasteiger charge is -2.23. The zero-order valence-electron chi connectivity index (χ0n) is 14.1. The molecule has 0 radical (unpaired) electrons. The zero-order chi connectivity index (χ0) is 18.6. The molecule has 7 heteroatoms. The predicted molar refractivity (Wildman–Crippen MR) is 101 cm³/mol. The molecule has 2 aromatic carbocycles. The van der Waals surface area contributed by atoms with Gasteiger partial charge >= 0.3 is 0 Å². The molecule has 0 aliphatic rings. The van der Waals surface area contributed by atoms with Crippen LogP contribution in [0.5, 0.6) is 5.75 Å². The molecule has 5 nitrogen and oxygen atoms in total. The average Bonchev–Trinajstić information content (AvgIpc) is 2.55. The second kappa shape index (κ2) is 8.23. The number of halogens is 2. The Balaban J connectivity index is 2.23. The van der Waals surface area contributed by atoms with Crippen molar-refractivity contribution in [1.82, 2.24) is 0 Å². The number of amides is 2. The number of aryl methyl sites for hydroxylation is 1. The van der Waals surface area contributed by atoms with Crippen LogP contribution >= 0.6 is 23.2 Å². The summed E-state index contributed by atoms with van der Waals surface area (Å²) in [6, 6.07) is 10.0. The Morgan fingerprint density at radius 1 is 1.12 bits per heavy atom. The van der Waals surface area contributed by atoms with Gasteiger partial charge in [-0.1, -0.05) is 23.2 Å². The number of hydrogen-bond donors (Lipinski definition) is 1. The Bertz CT molecular complexity index is 809. The monoisotopic (exact) mass is 380 g/mol. The van der Waals surface area contributed by atoms with E-state index in [0.29, 0.717) is 27.2 Å². The maximum atomic E-state index is 12.4. The molecule has 0 unspecified atom stereocenters. The summed E-state index contributed by atoms with van der Waals surface area (Å²) in [5.74, 6) is -0.193. The van der Waals surface area contributed by atoms with Crippen LogP contribution in [-0.2, 0) is 9.59 Å². The fraction of sp³-hybridized carbons (Fsp3) is 0.222. The minimum Gasteiger partial charge on any atom is -0.495 e. The summed E-state index contributed by atoms with van der Waals surface area (Å²) in [6.07, 6.45) is 0. The third-order valence-corrected chi connectivity index (χ3v) is 4.05. The summed E-state index contributed by atoms with van der Waals surface area (Å²) < 4.78 is 5.26. The van der Waals surface area contributed by atoms with Gasteiger partial charge in [0.25, 0.3) is 0 Å². The van der Waals surface area contributed by atoms with Gasteiger partial charge < -0.3 is 10.1 Å². The van der Waals surface area contributed by atoms with E-state index in [9.17, 15) is 9.59 Å². The first-order chi connectivity index (χ1) is 11.8. The average molecular weight is 381 g/mol. The van der Waals surface area contributed by atoms with Gasteiger partial charge in [-0.05, 0) is 48.9 Å². The normalized spacial score (nSPS) is 10.3. The molecule has 0 bridgehead atoms. The molecule has 0 aromatic heterocycles.